The first-order valence-corrected chi connectivity index (χ1v) is 9.29. The van der Waals surface area contributed by atoms with Gasteiger partial charge >= 0.3 is 5.92 Å². The summed E-state index contributed by atoms with van der Waals surface area (Å²) in [6.07, 6.45) is -3.83. The highest BCUT2D eigenvalue weighted by atomic mass is 32.2. The zero-order valence-electron chi connectivity index (χ0n) is 15.3. The van der Waals surface area contributed by atoms with Crippen LogP contribution in [0.5, 0.6) is 0 Å². The van der Waals surface area contributed by atoms with Gasteiger partial charge in [-0.15, -0.1) is 11.8 Å². The Morgan fingerprint density at radius 2 is 2.03 bits per heavy atom. The van der Waals surface area contributed by atoms with Gasteiger partial charge in [0.2, 0.25) is 5.78 Å². The van der Waals surface area contributed by atoms with Crippen molar-refractivity contribution in [2.24, 2.45) is 10.7 Å². The second-order valence-electron chi connectivity index (χ2n) is 5.81. The van der Waals surface area contributed by atoms with E-state index in [1.54, 1.807) is 5.48 Å². The number of rotatable bonds is 10. The monoisotopic (exact) mass is 467 g/mol. The Morgan fingerprint density at radius 3 is 2.65 bits per heavy atom. The molecule has 15 heteroatoms. The van der Waals surface area contributed by atoms with E-state index in [0.717, 1.165) is 30.0 Å². The van der Waals surface area contributed by atoms with Crippen molar-refractivity contribution < 1.29 is 41.4 Å². The van der Waals surface area contributed by atoms with Gasteiger partial charge in [0.25, 0.3) is 12.3 Å². The third kappa shape index (κ3) is 5.97. The standard InChI is InChI=1S/C16H14F5N5O4S/c17-9-4-3-7(6-8(9)12(18)19)23-13(24-29)11-14(26-30-25-11)31-5-1-2-10(27)16(20,21)15(22)28/h3-4,6,12,29H,1-2,5H2,(H2,22,28)(H,23,24). The zero-order valence-corrected chi connectivity index (χ0v) is 16.1. The molecule has 0 radical (unpaired) electrons. The van der Waals surface area contributed by atoms with Crippen LogP contribution in [0.4, 0.5) is 27.6 Å². The molecule has 1 aromatic carbocycles. The number of hydroxylamine groups is 1. The van der Waals surface area contributed by atoms with Gasteiger partial charge in [0, 0.05) is 12.2 Å². The maximum atomic E-state index is 13.4. The number of amides is 1. The number of aliphatic imine (C=N–C) groups is 1. The number of alkyl halides is 4. The van der Waals surface area contributed by atoms with Gasteiger partial charge in [0.1, 0.15) is 5.82 Å². The average Bonchev–Trinajstić information content (AvgIpc) is 3.18. The number of primary amides is 1. The van der Waals surface area contributed by atoms with Crippen molar-refractivity contribution in [2.45, 2.75) is 30.2 Å². The molecule has 0 saturated carbocycles. The van der Waals surface area contributed by atoms with Crippen LogP contribution in [0.3, 0.4) is 0 Å². The van der Waals surface area contributed by atoms with E-state index in [-0.39, 0.29) is 34.4 Å². The quantitative estimate of drug-likeness (QED) is 0.0921. The van der Waals surface area contributed by atoms with Gasteiger partial charge < -0.3 is 5.73 Å². The number of aromatic nitrogens is 2. The molecule has 0 atom stereocenters. The number of ketones is 1. The van der Waals surface area contributed by atoms with E-state index in [9.17, 15) is 36.7 Å². The van der Waals surface area contributed by atoms with Gasteiger partial charge in [-0.3, -0.25) is 20.3 Å². The fourth-order valence-corrected chi connectivity index (χ4v) is 2.98. The highest BCUT2D eigenvalue weighted by molar-refractivity contribution is 7.99. The predicted octanol–water partition coefficient (Wildman–Crippen LogP) is 2.77. The molecule has 168 valence electrons. The van der Waals surface area contributed by atoms with Gasteiger partial charge in [-0.25, -0.2) is 22.8 Å². The van der Waals surface area contributed by atoms with Crippen molar-refractivity contribution in [3.63, 3.8) is 0 Å². The average molecular weight is 467 g/mol. The lowest BCUT2D eigenvalue weighted by Crippen LogP contribution is -2.42. The fraction of sp³-hybridized carbons (Fsp3) is 0.312. The lowest BCUT2D eigenvalue weighted by atomic mass is 10.1. The molecule has 4 N–H and O–H groups in total. The van der Waals surface area contributed by atoms with Crippen LogP contribution in [0.1, 0.15) is 30.5 Å². The van der Waals surface area contributed by atoms with Gasteiger partial charge in [-0.2, -0.15) is 8.78 Å². The molecule has 1 aromatic heterocycles. The minimum Gasteiger partial charge on any atom is -0.364 e. The minimum absolute atomic E-state index is 0.0191. The molecule has 1 amide bonds. The first-order valence-electron chi connectivity index (χ1n) is 8.31. The zero-order chi connectivity index (χ0) is 23.2. The number of thioether (sulfide) groups is 1. The molecule has 0 spiro atoms. The molecule has 0 aliphatic heterocycles. The van der Waals surface area contributed by atoms with Crippen molar-refractivity contribution in [3.05, 3.63) is 35.3 Å². The number of hydrogen-bond donors (Lipinski definition) is 3. The summed E-state index contributed by atoms with van der Waals surface area (Å²) in [5.41, 5.74) is 4.94. The highest BCUT2D eigenvalue weighted by Gasteiger charge is 2.44. The van der Waals surface area contributed by atoms with Crippen molar-refractivity contribution in [2.75, 3.05) is 5.75 Å². The number of benzene rings is 1. The van der Waals surface area contributed by atoms with Crippen LogP contribution in [0.2, 0.25) is 0 Å². The van der Waals surface area contributed by atoms with E-state index in [1.807, 2.05) is 0 Å². The van der Waals surface area contributed by atoms with Gasteiger partial charge in [-0.1, -0.05) is 0 Å². The summed E-state index contributed by atoms with van der Waals surface area (Å²) >= 11 is 0.887. The smallest absolute Gasteiger partial charge is 0.364 e. The maximum absolute atomic E-state index is 13.4. The summed E-state index contributed by atoms with van der Waals surface area (Å²) in [6.45, 7) is 0. The number of nitrogens with two attached hydrogens (primary N) is 1. The molecule has 0 bridgehead atoms. The maximum Gasteiger partial charge on any atom is 0.381 e. The van der Waals surface area contributed by atoms with Crippen LogP contribution in [0, 0.1) is 5.82 Å². The molecule has 0 aliphatic carbocycles. The van der Waals surface area contributed by atoms with E-state index < -0.39 is 41.8 Å². The topological polar surface area (TPSA) is 144 Å². The van der Waals surface area contributed by atoms with Gasteiger partial charge in [0.15, 0.2) is 16.6 Å². The lowest BCUT2D eigenvalue weighted by Gasteiger charge is -2.10. The Balaban J connectivity index is 2.09. The summed E-state index contributed by atoms with van der Waals surface area (Å²) in [5.74, 6) is -9.41. The number of carbonyl (C=O) groups is 2. The highest BCUT2D eigenvalue weighted by Crippen LogP contribution is 2.28. The lowest BCUT2D eigenvalue weighted by molar-refractivity contribution is -0.156. The molecular formula is C16H14F5N5O4S. The summed E-state index contributed by atoms with van der Waals surface area (Å²) < 4.78 is 69.9. The largest absolute Gasteiger partial charge is 0.381 e. The Labute approximate surface area is 174 Å². The minimum atomic E-state index is -4.27. The molecule has 0 saturated heterocycles. The number of hydrogen-bond acceptors (Lipinski definition) is 8. The second kappa shape index (κ2) is 10.3. The third-order valence-electron chi connectivity index (χ3n) is 3.69. The summed E-state index contributed by atoms with van der Waals surface area (Å²) in [4.78, 5) is 25.8. The van der Waals surface area contributed by atoms with E-state index in [0.29, 0.717) is 0 Å². The molecule has 0 fully saturated rings. The molecule has 0 aliphatic rings. The van der Waals surface area contributed by atoms with Crippen LogP contribution in [-0.2, 0) is 9.59 Å². The molecule has 9 nitrogen and oxygen atoms in total. The Hall–Kier alpha value is -3.07. The molecule has 31 heavy (non-hydrogen) atoms. The predicted molar refractivity (Wildman–Crippen MR) is 95.9 cm³/mol. The first kappa shape index (κ1) is 24.2. The van der Waals surface area contributed by atoms with E-state index in [1.165, 1.54) is 0 Å². The Bertz CT molecular complexity index is 985. The normalized spacial score (nSPS) is 12.3. The number of nitrogens with one attached hydrogen (secondary N) is 1. The van der Waals surface area contributed by atoms with Crippen LogP contribution >= 0.6 is 11.8 Å². The number of halogens is 5. The number of nitrogens with zero attached hydrogens (tertiary/aromatic N) is 3. The number of Topliss-reactive ketones (excluding diaryl/α,β-unsaturated/α-hetero) is 1. The van der Waals surface area contributed by atoms with Crippen LogP contribution in [0.25, 0.3) is 0 Å². The molecule has 2 rings (SSSR count). The van der Waals surface area contributed by atoms with Crippen molar-refractivity contribution in [3.8, 4) is 0 Å². The second-order valence-corrected chi connectivity index (χ2v) is 6.89. The molecular weight excluding hydrogens is 453 g/mol. The molecule has 2 aromatic rings. The van der Waals surface area contributed by atoms with Crippen molar-refractivity contribution in [1.82, 2.24) is 15.8 Å². The van der Waals surface area contributed by atoms with E-state index >= 15 is 0 Å². The fourth-order valence-electron chi connectivity index (χ4n) is 2.14. The van der Waals surface area contributed by atoms with E-state index in [2.05, 4.69) is 25.7 Å². The summed E-state index contributed by atoms with van der Waals surface area (Å²) in [5, 5.41) is 16.4. The van der Waals surface area contributed by atoms with Crippen LogP contribution < -0.4 is 11.2 Å². The van der Waals surface area contributed by atoms with Crippen LogP contribution in [0.15, 0.2) is 32.8 Å². The van der Waals surface area contributed by atoms with Crippen molar-refractivity contribution >= 4 is 35.0 Å². The molecule has 1 heterocycles. The SMILES string of the molecule is NC(=O)C(F)(F)C(=O)CCCSc1nonc1C(=Nc1ccc(F)c(C(F)F)c1)NO. The Kier molecular flexibility index (Phi) is 8.04. The number of carbonyl (C=O) groups excluding carboxylic acids is 2. The van der Waals surface area contributed by atoms with Gasteiger partial charge in [-0.05, 0) is 34.9 Å². The molecule has 0 unspecified atom stereocenters. The summed E-state index contributed by atoms with van der Waals surface area (Å²) in [6, 6.07) is 2.61. The third-order valence-corrected chi connectivity index (χ3v) is 4.72. The Morgan fingerprint density at radius 1 is 1.32 bits per heavy atom. The summed E-state index contributed by atoms with van der Waals surface area (Å²) in [7, 11) is 0. The van der Waals surface area contributed by atoms with Crippen molar-refractivity contribution in [1.29, 1.82) is 0 Å². The van der Waals surface area contributed by atoms with E-state index in [4.69, 9.17) is 0 Å². The van der Waals surface area contributed by atoms with Crippen LogP contribution in [-0.4, -0.2) is 44.7 Å². The first-order chi connectivity index (χ1) is 14.6. The van der Waals surface area contributed by atoms with Gasteiger partial charge in [0.05, 0.1) is 11.3 Å². The number of amidine groups is 1.